The summed E-state index contributed by atoms with van der Waals surface area (Å²) >= 11 is 0. The molecule has 0 radical (unpaired) electrons. The summed E-state index contributed by atoms with van der Waals surface area (Å²) in [7, 11) is 0. The standard InChI is InChI=1S/C14H21N3O2/c15-6-7-17(12-13-4-2-1-3-5-13)14(18)16-8-10-19-11-9-16/h1-5H,6-12,15H2. The molecule has 1 saturated heterocycles. The van der Waals surface area contributed by atoms with E-state index in [0.29, 0.717) is 45.9 Å². The summed E-state index contributed by atoms with van der Waals surface area (Å²) < 4.78 is 5.27. The number of morpholine rings is 1. The Bertz CT molecular complexity index is 391. The Morgan fingerprint density at radius 2 is 1.95 bits per heavy atom. The maximum atomic E-state index is 12.4. The number of urea groups is 1. The van der Waals surface area contributed by atoms with E-state index in [1.807, 2.05) is 35.2 Å². The summed E-state index contributed by atoms with van der Waals surface area (Å²) in [4.78, 5) is 16.1. The lowest BCUT2D eigenvalue weighted by Gasteiger charge is -2.32. The minimum atomic E-state index is 0.0533. The van der Waals surface area contributed by atoms with Crippen molar-refractivity contribution in [2.75, 3.05) is 39.4 Å². The molecule has 2 rings (SSSR count). The van der Waals surface area contributed by atoms with E-state index in [9.17, 15) is 4.79 Å². The Kier molecular flexibility index (Phi) is 5.18. The third kappa shape index (κ3) is 3.94. The second-order valence-electron chi connectivity index (χ2n) is 4.58. The fourth-order valence-electron chi connectivity index (χ4n) is 2.16. The largest absolute Gasteiger partial charge is 0.378 e. The third-order valence-corrected chi connectivity index (χ3v) is 3.17. The zero-order valence-electron chi connectivity index (χ0n) is 11.1. The van der Waals surface area contributed by atoms with E-state index < -0.39 is 0 Å². The van der Waals surface area contributed by atoms with Crippen molar-refractivity contribution in [2.45, 2.75) is 6.54 Å². The summed E-state index contributed by atoms with van der Waals surface area (Å²) in [6, 6.07) is 10.0. The molecule has 0 unspecified atom stereocenters. The molecule has 1 fully saturated rings. The van der Waals surface area contributed by atoms with Crippen molar-refractivity contribution in [3.63, 3.8) is 0 Å². The van der Waals surface area contributed by atoms with E-state index in [0.717, 1.165) is 5.56 Å². The van der Waals surface area contributed by atoms with Crippen LogP contribution in [-0.2, 0) is 11.3 Å². The zero-order chi connectivity index (χ0) is 13.5. The third-order valence-electron chi connectivity index (χ3n) is 3.17. The van der Waals surface area contributed by atoms with Crippen molar-refractivity contribution in [3.05, 3.63) is 35.9 Å². The Morgan fingerprint density at radius 1 is 1.26 bits per heavy atom. The van der Waals surface area contributed by atoms with Crippen LogP contribution < -0.4 is 5.73 Å². The Labute approximate surface area is 113 Å². The van der Waals surface area contributed by atoms with Gasteiger partial charge in [0.15, 0.2) is 0 Å². The van der Waals surface area contributed by atoms with Gasteiger partial charge in [0.1, 0.15) is 0 Å². The molecule has 0 saturated carbocycles. The monoisotopic (exact) mass is 263 g/mol. The lowest BCUT2D eigenvalue weighted by Crippen LogP contribution is -2.49. The molecule has 5 nitrogen and oxygen atoms in total. The van der Waals surface area contributed by atoms with Crippen LogP contribution in [0.2, 0.25) is 0 Å². The van der Waals surface area contributed by atoms with Crippen molar-refractivity contribution in [3.8, 4) is 0 Å². The molecule has 1 aromatic rings. The van der Waals surface area contributed by atoms with Crippen LogP contribution in [0.3, 0.4) is 0 Å². The van der Waals surface area contributed by atoms with Crippen LogP contribution in [0.1, 0.15) is 5.56 Å². The molecule has 0 bridgehead atoms. The van der Waals surface area contributed by atoms with Crippen LogP contribution in [-0.4, -0.2) is 55.2 Å². The van der Waals surface area contributed by atoms with Gasteiger partial charge in [-0.05, 0) is 5.56 Å². The number of carbonyl (C=O) groups is 1. The van der Waals surface area contributed by atoms with Gasteiger partial charge in [-0.25, -0.2) is 4.79 Å². The smallest absolute Gasteiger partial charge is 0.320 e. The number of benzene rings is 1. The van der Waals surface area contributed by atoms with Crippen LogP contribution >= 0.6 is 0 Å². The molecule has 5 heteroatoms. The minimum absolute atomic E-state index is 0.0533. The number of carbonyl (C=O) groups excluding carboxylic acids is 1. The van der Waals surface area contributed by atoms with Gasteiger partial charge >= 0.3 is 6.03 Å². The molecule has 2 amide bonds. The topological polar surface area (TPSA) is 58.8 Å². The molecule has 1 aliphatic rings. The molecule has 0 aromatic heterocycles. The average molecular weight is 263 g/mol. The first-order valence-electron chi connectivity index (χ1n) is 6.67. The van der Waals surface area contributed by atoms with Gasteiger partial charge in [-0.1, -0.05) is 30.3 Å². The predicted octanol–water partition coefficient (Wildman–Crippen LogP) is 0.899. The van der Waals surface area contributed by atoms with Gasteiger partial charge in [-0.3, -0.25) is 0 Å². The van der Waals surface area contributed by atoms with Gasteiger partial charge in [-0.2, -0.15) is 0 Å². The number of amides is 2. The molecule has 19 heavy (non-hydrogen) atoms. The highest BCUT2D eigenvalue weighted by atomic mass is 16.5. The molecule has 1 aliphatic heterocycles. The molecule has 104 valence electrons. The van der Waals surface area contributed by atoms with Gasteiger partial charge in [0.05, 0.1) is 13.2 Å². The van der Waals surface area contributed by atoms with E-state index in [4.69, 9.17) is 10.5 Å². The number of rotatable bonds is 4. The fourth-order valence-corrected chi connectivity index (χ4v) is 2.16. The summed E-state index contributed by atoms with van der Waals surface area (Å²) in [6.07, 6.45) is 0. The molecular weight excluding hydrogens is 242 g/mol. The van der Waals surface area contributed by atoms with Gasteiger partial charge in [0.25, 0.3) is 0 Å². The van der Waals surface area contributed by atoms with E-state index in [2.05, 4.69) is 0 Å². The van der Waals surface area contributed by atoms with Gasteiger partial charge in [0, 0.05) is 32.7 Å². The number of hydrogen-bond acceptors (Lipinski definition) is 3. The summed E-state index contributed by atoms with van der Waals surface area (Å²) in [6.45, 7) is 4.21. The number of nitrogens with zero attached hydrogens (tertiary/aromatic N) is 2. The van der Waals surface area contributed by atoms with Crippen LogP contribution in [0.15, 0.2) is 30.3 Å². The molecule has 0 spiro atoms. The van der Waals surface area contributed by atoms with E-state index in [-0.39, 0.29) is 6.03 Å². The normalized spacial score (nSPS) is 15.3. The van der Waals surface area contributed by atoms with Gasteiger partial charge < -0.3 is 20.3 Å². The Morgan fingerprint density at radius 3 is 2.58 bits per heavy atom. The molecule has 0 atom stereocenters. The van der Waals surface area contributed by atoms with Crippen LogP contribution in [0.4, 0.5) is 4.79 Å². The molecule has 2 N–H and O–H groups in total. The first-order valence-corrected chi connectivity index (χ1v) is 6.67. The highest BCUT2D eigenvalue weighted by Crippen LogP contribution is 2.08. The maximum Gasteiger partial charge on any atom is 0.320 e. The SMILES string of the molecule is NCCN(Cc1ccccc1)C(=O)N1CCOCC1. The number of nitrogens with two attached hydrogens (primary N) is 1. The van der Waals surface area contributed by atoms with Crippen molar-refractivity contribution in [1.29, 1.82) is 0 Å². The summed E-state index contributed by atoms with van der Waals surface area (Å²) in [5.41, 5.74) is 6.74. The molecule has 1 heterocycles. The predicted molar refractivity (Wildman–Crippen MR) is 73.7 cm³/mol. The lowest BCUT2D eigenvalue weighted by molar-refractivity contribution is 0.0428. The summed E-state index contributed by atoms with van der Waals surface area (Å²) in [5, 5.41) is 0. The highest BCUT2D eigenvalue weighted by Gasteiger charge is 2.22. The quantitative estimate of drug-likeness (QED) is 0.878. The minimum Gasteiger partial charge on any atom is -0.378 e. The van der Waals surface area contributed by atoms with Crippen molar-refractivity contribution < 1.29 is 9.53 Å². The van der Waals surface area contributed by atoms with Gasteiger partial charge in [0.2, 0.25) is 0 Å². The molecule has 0 aliphatic carbocycles. The van der Waals surface area contributed by atoms with Crippen LogP contribution in [0.5, 0.6) is 0 Å². The maximum absolute atomic E-state index is 12.4. The molecular formula is C14H21N3O2. The Hall–Kier alpha value is -1.59. The van der Waals surface area contributed by atoms with Crippen molar-refractivity contribution in [1.82, 2.24) is 9.80 Å². The van der Waals surface area contributed by atoms with Crippen molar-refractivity contribution >= 4 is 6.03 Å². The second-order valence-corrected chi connectivity index (χ2v) is 4.58. The summed E-state index contributed by atoms with van der Waals surface area (Å²) in [5.74, 6) is 0. The van der Waals surface area contributed by atoms with Crippen LogP contribution in [0.25, 0.3) is 0 Å². The fraction of sp³-hybridized carbons (Fsp3) is 0.500. The van der Waals surface area contributed by atoms with Crippen molar-refractivity contribution in [2.24, 2.45) is 5.73 Å². The highest BCUT2D eigenvalue weighted by molar-refractivity contribution is 5.74. The Balaban J connectivity index is 2.00. The average Bonchev–Trinajstić information content (AvgIpc) is 2.48. The van der Waals surface area contributed by atoms with E-state index in [1.165, 1.54) is 0 Å². The molecule has 1 aromatic carbocycles. The van der Waals surface area contributed by atoms with E-state index >= 15 is 0 Å². The first-order chi connectivity index (χ1) is 9.31. The number of hydrogen-bond donors (Lipinski definition) is 1. The lowest BCUT2D eigenvalue weighted by atomic mass is 10.2. The first kappa shape index (κ1) is 13.8. The van der Waals surface area contributed by atoms with E-state index in [1.54, 1.807) is 4.90 Å². The second kappa shape index (κ2) is 7.11. The van der Waals surface area contributed by atoms with Gasteiger partial charge in [-0.15, -0.1) is 0 Å². The van der Waals surface area contributed by atoms with Crippen LogP contribution in [0, 0.1) is 0 Å². The number of ether oxygens (including phenoxy) is 1. The zero-order valence-corrected chi connectivity index (χ0v) is 11.1.